The summed E-state index contributed by atoms with van der Waals surface area (Å²) in [5, 5.41) is 11.9. The highest BCUT2D eigenvalue weighted by molar-refractivity contribution is 7.89. The van der Waals surface area contributed by atoms with Crippen LogP contribution in [0.25, 0.3) is 10.9 Å². The molecule has 3 heterocycles. The van der Waals surface area contributed by atoms with Crippen molar-refractivity contribution in [3.8, 4) is 0 Å². The van der Waals surface area contributed by atoms with Gasteiger partial charge in [-0.25, -0.2) is 8.42 Å². The predicted molar refractivity (Wildman–Crippen MR) is 108 cm³/mol. The zero-order valence-corrected chi connectivity index (χ0v) is 17.1. The minimum Gasteiger partial charge on any atom is -0.376 e. The van der Waals surface area contributed by atoms with Crippen LogP contribution in [-0.2, 0) is 21.3 Å². The van der Waals surface area contributed by atoms with Gasteiger partial charge in [0.1, 0.15) is 5.69 Å². The Balaban J connectivity index is 1.68. The molecule has 2 aromatic heterocycles. The molecule has 1 N–H and O–H groups in total. The molecule has 1 unspecified atom stereocenters. The highest BCUT2D eigenvalue weighted by Crippen LogP contribution is 2.24. The summed E-state index contributed by atoms with van der Waals surface area (Å²) in [6, 6.07) is 5.70. The number of nitrogens with zero attached hydrogens (tertiary/aromatic N) is 4. The SMILES string of the molecule is Cc1cccc2c(C(=O)Nc3cnn(S(C)(=O)=O)c3)n(CC3CCCCO3)nc12. The molecule has 10 heteroatoms. The van der Waals surface area contributed by atoms with Crippen LogP contribution in [0.15, 0.2) is 30.6 Å². The largest absolute Gasteiger partial charge is 0.376 e. The summed E-state index contributed by atoms with van der Waals surface area (Å²) in [4.78, 5) is 13.1. The number of aromatic nitrogens is 4. The molecule has 1 fully saturated rings. The molecule has 3 aromatic rings. The molecule has 0 aliphatic carbocycles. The molecule has 1 amide bonds. The van der Waals surface area contributed by atoms with E-state index >= 15 is 0 Å². The van der Waals surface area contributed by atoms with Crippen LogP contribution < -0.4 is 5.32 Å². The number of rotatable bonds is 5. The lowest BCUT2D eigenvalue weighted by atomic mass is 10.1. The quantitative estimate of drug-likeness (QED) is 0.682. The summed E-state index contributed by atoms with van der Waals surface area (Å²) < 4.78 is 31.6. The van der Waals surface area contributed by atoms with Gasteiger partial charge in [0.15, 0.2) is 0 Å². The Morgan fingerprint density at radius 1 is 1.34 bits per heavy atom. The third-order valence-electron chi connectivity index (χ3n) is 5.00. The first kappa shape index (κ1) is 19.6. The highest BCUT2D eigenvalue weighted by atomic mass is 32.2. The van der Waals surface area contributed by atoms with Gasteiger partial charge in [-0.1, -0.05) is 18.2 Å². The van der Waals surface area contributed by atoms with E-state index in [4.69, 9.17) is 4.74 Å². The maximum Gasteiger partial charge on any atom is 0.274 e. The van der Waals surface area contributed by atoms with E-state index in [-0.39, 0.29) is 12.0 Å². The Morgan fingerprint density at radius 2 is 2.17 bits per heavy atom. The summed E-state index contributed by atoms with van der Waals surface area (Å²) >= 11 is 0. The molecule has 0 saturated carbocycles. The van der Waals surface area contributed by atoms with Gasteiger partial charge in [0.25, 0.3) is 15.9 Å². The number of hydrogen-bond donors (Lipinski definition) is 1. The summed E-state index contributed by atoms with van der Waals surface area (Å²) in [6.45, 7) is 3.16. The topological polar surface area (TPSA) is 108 Å². The first-order valence-corrected chi connectivity index (χ1v) is 11.3. The van der Waals surface area contributed by atoms with Gasteiger partial charge in [0.05, 0.1) is 42.5 Å². The predicted octanol–water partition coefficient (Wildman–Crippen LogP) is 2.17. The summed E-state index contributed by atoms with van der Waals surface area (Å²) in [5.41, 5.74) is 2.46. The number of ether oxygens (including phenoxy) is 1. The smallest absolute Gasteiger partial charge is 0.274 e. The number of fused-ring (bicyclic) bond motifs is 1. The van der Waals surface area contributed by atoms with Crippen molar-refractivity contribution >= 4 is 32.5 Å². The molecular formula is C19H23N5O4S. The Kier molecular flexibility index (Phi) is 5.13. The van der Waals surface area contributed by atoms with E-state index in [9.17, 15) is 13.2 Å². The van der Waals surface area contributed by atoms with Gasteiger partial charge in [-0.15, -0.1) is 0 Å². The van der Waals surface area contributed by atoms with Gasteiger partial charge in [0, 0.05) is 12.0 Å². The Bertz CT molecular complexity index is 1160. The molecule has 1 aliphatic heterocycles. The van der Waals surface area contributed by atoms with E-state index in [1.54, 1.807) is 4.68 Å². The standard InChI is InChI=1S/C19H23N5O4S/c1-13-6-5-8-16-17(13)22-23(12-15-7-3-4-9-28-15)18(16)19(25)21-14-10-20-24(11-14)29(2,26)27/h5-6,8,10-11,15H,3-4,7,9,12H2,1-2H3,(H,21,25). The second-order valence-corrected chi connectivity index (χ2v) is 9.15. The number of hydrogen-bond acceptors (Lipinski definition) is 6. The number of aryl methyl sites for hydroxylation is 1. The molecule has 1 atom stereocenters. The molecule has 1 aliphatic rings. The highest BCUT2D eigenvalue weighted by Gasteiger charge is 2.23. The van der Waals surface area contributed by atoms with Crippen LogP contribution in [0, 0.1) is 6.92 Å². The second kappa shape index (κ2) is 7.60. The van der Waals surface area contributed by atoms with Crippen LogP contribution >= 0.6 is 0 Å². The van der Waals surface area contributed by atoms with E-state index < -0.39 is 10.0 Å². The lowest BCUT2D eigenvalue weighted by Gasteiger charge is -2.23. The van der Waals surface area contributed by atoms with Crippen LogP contribution in [0.4, 0.5) is 5.69 Å². The Hall–Kier alpha value is -2.72. The van der Waals surface area contributed by atoms with Gasteiger partial charge in [-0.3, -0.25) is 9.48 Å². The van der Waals surface area contributed by atoms with E-state index in [0.29, 0.717) is 17.9 Å². The van der Waals surface area contributed by atoms with Crippen molar-refractivity contribution in [1.82, 2.24) is 19.0 Å². The molecule has 1 saturated heterocycles. The van der Waals surface area contributed by atoms with E-state index in [0.717, 1.165) is 52.7 Å². The summed E-state index contributed by atoms with van der Waals surface area (Å²) in [5.74, 6) is -0.373. The van der Waals surface area contributed by atoms with Gasteiger partial charge >= 0.3 is 0 Å². The lowest BCUT2D eigenvalue weighted by molar-refractivity contribution is 0.00379. The molecule has 0 spiro atoms. The Labute approximate surface area is 168 Å². The number of carbonyl (C=O) groups is 1. The van der Waals surface area contributed by atoms with Crippen LogP contribution in [-0.4, -0.2) is 52.3 Å². The maximum absolute atomic E-state index is 13.1. The third kappa shape index (κ3) is 4.03. The first-order chi connectivity index (χ1) is 13.8. The van der Waals surface area contributed by atoms with Crippen LogP contribution in [0.2, 0.25) is 0 Å². The molecule has 0 radical (unpaired) electrons. The van der Waals surface area contributed by atoms with Gasteiger partial charge in [-0.2, -0.15) is 14.3 Å². The number of nitrogens with one attached hydrogen (secondary N) is 1. The second-order valence-electron chi connectivity index (χ2n) is 7.31. The van der Waals surface area contributed by atoms with Gasteiger partial charge < -0.3 is 10.1 Å². The van der Waals surface area contributed by atoms with Crippen LogP contribution in [0.3, 0.4) is 0 Å². The van der Waals surface area contributed by atoms with Crippen molar-refractivity contribution in [2.75, 3.05) is 18.2 Å². The molecule has 0 bridgehead atoms. The van der Waals surface area contributed by atoms with Crippen molar-refractivity contribution < 1.29 is 17.9 Å². The fraction of sp³-hybridized carbons (Fsp3) is 0.421. The van der Waals surface area contributed by atoms with Crippen molar-refractivity contribution in [1.29, 1.82) is 0 Å². The van der Waals surface area contributed by atoms with Crippen LogP contribution in [0.1, 0.15) is 35.3 Å². The maximum atomic E-state index is 13.1. The Morgan fingerprint density at radius 3 is 2.86 bits per heavy atom. The van der Waals surface area contributed by atoms with E-state index in [2.05, 4.69) is 15.5 Å². The molecule has 4 rings (SSSR count). The normalized spacial score (nSPS) is 17.5. The first-order valence-electron chi connectivity index (χ1n) is 9.47. The number of carbonyl (C=O) groups excluding carboxylic acids is 1. The fourth-order valence-corrected chi connectivity index (χ4v) is 4.07. The van der Waals surface area contributed by atoms with Crippen molar-refractivity contribution in [3.05, 3.63) is 41.9 Å². The molecular weight excluding hydrogens is 394 g/mol. The van der Waals surface area contributed by atoms with E-state index in [1.165, 1.54) is 12.4 Å². The summed E-state index contributed by atoms with van der Waals surface area (Å²) in [7, 11) is -3.52. The molecule has 29 heavy (non-hydrogen) atoms. The van der Waals surface area contributed by atoms with Crippen LogP contribution in [0.5, 0.6) is 0 Å². The molecule has 9 nitrogen and oxygen atoms in total. The monoisotopic (exact) mass is 417 g/mol. The zero-order chi connectivity index (χ0) is 20.6. The third-order valence-corrected chi connectivity index (χ3v) is 5.87. The zero-order valence-electron chi connectivity index (χ0n) is 16.3. The fourth-order valence-electron chi connectivity index (χ4n) is 3.55. The minimum atomic E-state index is -3.52. The minimum absolute atomic E-state index is 0.0119. The summed E-state index contributed by atoms with van der Waals surface area (Å²) in [6.07, 6.45) is 6.70. The van der Waals surface area contributed by atoms with E-state index in [1.807, 2.05) is 25.1 Å². The number of anilines is 1. The van der Waals surface area contributed by atoms with Gasteiger partial charge in [-0.05, 0) is 31.7 Å². The van der Waals surface area contributed by atoms with Crippen molar-refractivity contribution in [2.45, 2.75) is 38.8 Å². The van der Waals surface area contributed by atoms with Crippen molar-refractivity contribution in [2.24, 2.45) is 0 Å². The number of amides is 1. The molecule has 1 aromatic carbocycles. The average Bonchev–Trinajstić information content (AvgIpc) is 3.28. The number of benzene rings is 1. The van der Waals surface area contributed by atoms with Gasteiger partial charge in [0.2, 0.25) is 0 Å². The average molecular weight is 417 g/mol. The van der Waals surface area contributed by atoms with Crippen molar-refractivity contribution in [3.63, 3.8) is 0 Å². The lowest BCUT2D eigenvalue weighted by Crippen LogP contribution is -2.27. The molecule has 154 valence electrons.